The van der Waals surface area contributed by atoms with Gasteiger partial charge in [0.1, 0.15) is 5.82 Å². The van der Waals surface area contributed by atoms with E-state index in [9.17, 15) is 9.18 Å². The number of aromatic nitrogens is 2. The highest BCUT2D eigenvalue weighted by atomic mass is 19.1. The van der Waals surface area contributed by atoms with Crippen LogP contribution in [0.2, 0.25) is 0 Å². The van der Waals surface area contributed by atoms with Crippen LogP contribution in [0.5, 0.6) is 0 Å². The molecule has 21 heavy (non-hydrogen) atoms. The standard InChI is InChI=1S/C15H19FN4O/c1-10-13(14(21)19-15(2,3)9-17)8-18-20(10)12-6-4-11(16)5-7-12/h4-8H,9,17H2,1-3H3,(H,19,21). The molecule has 1 amide bonds. The highest BCUT2D eigenvalue weighted by Crippen LogP contribution is 2.15. The van der Waals surface area contributed by atoms with Crippen molar-refractivity contribution >= 4 is 5.91 Å². The molecular formula is C15H19FN4O. The van der Waals surface area contributed by atoms with Gasteiger partial charge in [0.25, 0.3) is 5.91 Å². The molecule has 0 aliphatic heterocycles. The normalized spacial score (nSPS) is 11.5. The molecule has 5 nitrogen and oxygen atoms in total. The van der Waals surface area contributed by atoms with Crippen LogP contribution in [-0.2, 0) is 0 Å². The van der Waals surface area contributed by atoms with Crippen molar-refractivity contribution < 1.29 is 9.18 Å². The van der Waals surface area contributed by atoms with Crippen molar-refractivity contribution in [3.8, 4) is 5.69 Å². The number of carbonyl (C=O) groups is 1. The quantitative estimate of drug-likeness (QED) is 0.901. The predicted molar refractivity (Wildman–Crippen MR) is 78.9 cm³/mol. The van der Waals surface area contributed by atoms with E-state index in [-0.39, 0.29) is 11.7 Å². The number of nitrogens with one attached hydrogen (secondary N) is 1. The Labute approximate surface area is 123 Å². The highest BCUT2D eigenvalue weighted by Gasteiger charge is 2.22. The lowest BCUT2D eigenvalue weighted by atomic mass is 10.1. The number of rotatable bonds is 4. The molecule has 1 heterocycles. The highest BCUT2D eigenvalue weighted by molar-refractivity contribution is 5.95. The Morgan fingerprint density at radius 3 is 2.57 bits per heavy atom. The summed E-state index contributed by atoms with van der Waals surface area (Å²) in [5.41, 5.74) is 6.99. The molecule has 6 heteroatoms. The Balaban J connectivity index is 2.28. The van der Waals surface area contributed by atoms with Crippen LogP contribution < -0.4 is 11.1 Å². The van der Waals surface area contributed by atoms with Crippen LogP contribution in [0.25, 0.3) is 5.69 Å². The molecule has 1 aromatic heterocycles. The molecule has 0 aliphatic rings. The topological polar surface area (TPSA) is 72.9 Å². The Morgan fingerprint density at radius 1 is 1.38 bits per heavy atom. The maximum Gasteiger partial charge on any atom is 0.255 e. The zero-order valence-electron chi connectivity index (χ0n) is 12.4. The number of amides is 1. The largest absolute Gasteiger partial charge is 0.346 e. The SMILES string of the molecule is Cc1c(C(=O)NC(C)(C)CN)cnn1-c1ccc(F)cc1. The third-order valence-electron chi connectivity index (χ3n) is 3.29. The van der Waals surface area contributed by atoms with Crippen LogP contribution in [0.3, 0.4) is 0 Å². The first-order valence-electron chi connectivity index (χ1n) is 6.67. The molecule has 0 saturated carbocycles. The molecular weight excluding hydrogens is 271 g/mol. The molecule has 0 bridgehead atoms. The van der Waals surface area contributed by atoms with E-state index in [0.29, 0.717) is 23.5 Å². The molecule has 112 valence electrons. The van der Waals surface area contributed by atoms with E-state index in [1.54, 1.807) is 23.7 Å². The minimum atomic E-state index is -0.485. The first kappa shape index (κ1) is 15.2. The van der Waals surface area contributed by atoms with Gasteiger partial charge in [0.05, 0.1) is 23.1 Å². The summed E-state index contributed by atoms with van der Waals surface area (Å²) in [5.74, 6) is -0.539. The Morgan fingerprint density at radius 2 is 2.00 bits per heavy atom. The van der Waals surface area contributed by atoms with Gasteiger partial charge >= 0.3 is 0 Å². The van der Waals surface area contributed by atoms with Gasteiger partial charge in [-0.15, -0.1) is 0 Å². The summed E-state index contributed by atoms with van der Waals surface area (Å²) in [6, 6.07) is 5.93. The van der Waals surface area contributed by atoms with Crippen LogP contribution in [-0.4, -0.2) is 27.8 Å². The number of nitrogens with two attached hydrogens (primary N) is 1. The number of hydrogen-bond acceptors (Lipinski definition) is 3. The third kappa shape index (κ3) is 3.28. The van der Waals surface area contributed by atoms with E-state index in [2.05, 4.69) is 10.4 Å². The Kier molecular flexibility index (Phi) is 4.09. The summed E-state index contributed by atoms with van der Waals surface area (Å²) in [7, 11) is 0. The van der Waals surface area contributed by atoms with Gasteiger partial charge in [0.15, 0.2) is 0 Å². The maximum atomic E-state index is 13.0. The molecule has 0 atom stereocenters. The van der Waals surface area contributed by atoms with Gasteiger partial charge in [-0.3, -0.25) is 4.79 Å². The van der Waals surface area contributed by atoms with Gasteiger partial charge in [-0.25, -0.2) is 9.07 Å². The lowest BCUT2D eigenvalue weighted by Gasteiger charge is -2.24. The molecule has 0 aliphatic carbocycles. The van der Waals surface area contributed by atoms with E-state index in [1.165, 1.54) is 18.3 Å². The molecule has 2 aromatic rings. The molecule has 0 fully saturated rings. The summed E-state index contributed by atoms with van der Waals surface area (Å²) in [6.07, 6.45) is 1.50. The van der Waals surface area contributed by atoms with Gasteiger partial charge in [0.2, 0.25) is 0 Å². The minimum Gasteiger partial charge on any atom is -0.346 e. The summed E-state index contributed by atoms with van der Waals surface area (Å²) in [5, 5.41) is 7.05. The van der Waals surface area contributed by atoms with Gasteiger partial charge in [0, 0.05) is 12.1 Å². The average Bonchev–Trinajstić information content (AvgIpc) is 2.81. The van der Waals surface area contributed by atoms with Crippen molar-refractivity contribution in [1.82, 2.24) is 15.1 Å². The van der Waals surface area contributed by atoms with E-state index < -0.39 is 5.54 Å². The summed E-state index contributed by atoms with van der Waals surface area (Å²) in [6.45, 7) is 5.83. The van der Waals surface area contributed by atoms with Crippen molar-refractivity contribution in [3.05, 3.63) is 47.5 Å². The average molecular weight is 290 g/mol. The van der Waals surface area contributed by atoms with E-state index >= 15 is 0 Å². The van der Waals surface area contributed by atoms with Crippen LogP contribution in [0.4, 0.5) is 4.39 Å². The third-order valence-corrected chi connectivity index (χ3v) is 3.29. The van der Waals surface area contributed by atoms with E-state index in [1.807, 2.05) is 13.8 Å². The zero-order valence-corrected chi connectivity index (χ0v) is 12.4. The number of carbonyl (C=O) groups excluding carboxylic acids is 1. The Hall–Kier alpha value is -2.21. The lowest BCUT2D eigenvalue weighted by molar-refractivity contribution is 0.0915. The molecule has 0 unspecified atom stereocenters. The van der Waals surface area contributed by atoms with Crippen LogP contribution in [0.1, 0.15) is 29.9 Å². The second kappa shape index (κ2) is 5.65. The maximum absolute atomic E-state index is 13.0. The lowest BCUT2D eigenvalue weighted by Crippen LogP contribution is -2.48. The first-order valence-corrected chi connectivity index (χ1v) is 6.67. The van der Waals surface area contributed by atoms with Crippen LogP contribution >= 0.6 is 0 Å². The second-order valence-electron chi connectivity index (χ2n) is 5.57. The van der Waals surface area contributed by atoms with E-state index in [4.69, 9.17) is 5.73 Å². The summed E-state index contributed by atoms with van der Waals surface area (Å²) >= 11 is 0. The molecule has 1 aromatic carbocycles. The van der Waals surface area contributed by atoms with Crippen molar-refractivity contribution in [2.75, 3.05) is 6.54 Å². The number of halogens is 1. The molecule has 0 saturated heterocycles. The van der Waals surface area contributed by atoms with Gasteiger partial charge in [-0.05, 0) is 45.0 Å². The fraction of sp³-hybridized carbons (Fsp3) is 0.333. The first-order chi connectivity index (χ1) is 9.84. The fourth-order valence-electron chi connectivity index (χ4n) is 1.90. The summed E-state index contributed by atoms with van der Waals surface area (Å²) < 4.78 is 14.6. The zero-order chi connectivity index (χ0) is 15.6. The predicted octanol–water partition coefficient (Wildman–Crippen LogP) is 1.79. The molecule has 3 N–H and O–H groups in total. The van der Waals surface area contributed by atoms with Gasteiger partial charge < -0.3 is 11.1 Å². The van der Waals surface area contributed by atoms with Crippen molar-refractivity contribution in [2.45, 2.75) is 26.3 Å². The second-order valence-corrected chi connectivity index (χ2v) is 5.57. The van der Waals surface area contributed by atoms with Crippen molar-refractivity contribution in [3.63, 3.8) is 0 Å². The monoisotopic (exact) mass is 290 g/mol. The Bertz CT molecular complexity index is 646. The van der Waals surface area contributed by atoms with Gasteiger partial charge in [-0.2, -0.15) is 5.10 Å². The van der Waals surface area contributed by atoms with Crippen LogP contribution in [0.15, 0.2) is 30.5 Å². The van der Waals surface area contributed by atoms with Crippen LogP contribution in [0, 0.1) is 12.7 Å². The number of hydrogen-bond donors (Lipinski definition) is 2. The fourth-order valence-corrected chi connectivity index (χ4v) is 1.90. The number of nitrogens with zero attached hydrogens (tertiary/aromatic N) is 2. The van der Waals surface area contributed by atoms with Crippen molar-refractivity contribution in [1.29, 1.82) is 0 Å². The van der Waals surface area contributed by atoms with E-state index in [0.717, 1.165) is 0 Å². The summed E-state index contributed by atoms with van der Waals surface area (Å²) in [4.78, 5) is 12.3. The smallest absolute Gasteiger partial charge is 0.255 e. The molecule has 0 spiro atoms. The van der Waals surface area contributed by atoms with Gasteiger partial charge in [-0.1, -0.05) is 0 Å². The minimum absolute atomic E-state index is 0.226. The van der Waals surface area contributed by atoms with Crippen molar-refractivity contribution in [2.24, 2.45) is 5.73 Å². The molecule has 0 radical (unpaired) electrons. The molecule has 2 rings (SSSR count). The number of benzene rings is 1.